The standard InChI is InChI=1S/C23H41N7O2/c1-6-11-29(7-2)13-12-28(5)22(25-4)20(18-24-3)27-23(31)19-9-8-10-21(26-19)30-14-16-32-17-15-30/h7-10,18,21-22,24-26H,2,6,11-17H2,1,3-5H3,(H,27,31)/b20-18+. The molecule has 9 nitrogen and oxygen atoms in total. The largest absolute Gasteiger partial charge is 0.392 e. The molecule has 0 saturated carbocycles. The second-order valence-corrected chi connectivity index (χ2v) is 7.94. The van der Waals surface area contributed by atoms with Gasteiger partial charge in [-0.3, -0.25) is 19.9 Å². The minimum atomic E-state index is -0.165. The van der Waals surface area contributed by atoms with Gasteiger partial charge in [0, 0.05) is 46.0 Å². The van der Waals surface area contributed by atoms with Crippen LogP contribution in [-0.4, -0.2) is 100 Å². The number of nitrogens with one attached hydrogen (secondary N) is 4. The molecular weight excluding hydrogens is 406 g/mol. The van der Waals surface area contributed by atoms with Crippen LogP contribution >= 0.6 is 0 Å². The Morgan fingerprint density at radius 1 is 1.34 bits per heavy atom. The molecule has 1 saturated heterocycles. The lowest BCUT2D eigenvalue weighted by molar-refractivity contribution is -0.117. The molecule has 0 bridgehead atoms. The van der Waals surface area contributed by atoms with Crippen molar-refractivity contribution in [2.45, 2.75) is 25.7 Å². The Kier molecular flexibility index (Phi) is 11.3. The highest BCUT2D eigenvalue weighted by Gasteiger charge is 2.25. The summed E-state index contributed by atoms with van der Waals surface area (Å²) in [5.74, 6) is -0.165. The smallest absolute Gasteiger partial charge is 0.271 e. The van der Waals surface area contributed by atoms with Gasteiger partial charge in [0.1, 0.15) is 11.9 Å². The number of carbonyl (C=O) groups is 1. The molecule has 2 rings (SSSR count). The van der Waals surface area contributed by atoms with E-state index in [-0.39, 0.29) is 18.2 Å². The van der Waals surface area contributed by atoms with Crippen LogP contribution < -0.4 is 21.3 Å². The molecule has 2 unspecified atom stereocenters. The van der Waals surface area contributed by atoms with E-state index in [1.165, 1.54) is 0 Å². The molecule has 0 aliphatic carbocycles. The first-order valence-electron chi connectivity index (χ1n) is 11.4. The van der Waals surface area contributed by atoms with Gasteiger partial charge in [0.25, 0.3) is 5.91 Å². The molecule has 4 N–H and O–H groups in total. The molecular formula is C23H41N7O2. The van der Waals surface area contributed by atoms with E-state index < -0.39 is 0 Å². The molecule has 0 aromatic carbocycles. The van der Waals surface area contributed by atoms with Crippen molar-refractivity contribution < 1.29 is 9.53 Å². The molecule has 1 amide bonds. The van der Waals surface area contributed by atoms with E-state index in [1.807, 2.05) is 45.7 Å². The van der Waals surface area contributed by atoms with Gasteiger partial charge < -0.3 is 25.6 Å². The zero-order chi connectivity index (χ0) is 23.3. The van der Waals surface area contributed by atoms with Crippen molar-refractivity contribution >= 4 is 5.91 Å². The summed E-state index contributed by atoms with van der Waals surface area (Å²) in [5.41, 5.74) is 1.30. The number of morpholine rings is 1. The van der Waals surface area contributed by atoms with E-state index in [0.29, 0.717) is 18.9 Å². The Labute approximate surface area is 193 Å². The summed E-state index contributed by atoms with van der Waals surface area (Å²) in [6, 6.07) is 0. The number of allylic oxidation sites excluding steroid dienone is 2. The maximum Gasteiger partial charge on any atom is 0.271 e. The molecule has 2 heterocycles. The maximum absolute atomic E-state index is 13.1. The molecule has 0 aromatic rings. The Bertz CT molecular complexity index is 686. The third-order valence-corrected chi connectivity index (χ3v) is 5.62. The number of nitrogens with zero attached hydrogens (tertiary/aromatic N) is 3. The van der Waals surface area contributed by atoms with E-state index in [2.05, 4.69) is 55.5 Å². The number of carbonyl (C=O) groups excluding carboxylic acids is 1. The predicted octanol–water partition coefficient (Wildman–Crippen LogP) is 0.198. The zero-order valence-corrected chi connectivity index (χ0v) is 20.1. The van der Waals surface area contributed by atoms with Crippen LogP contribution in [0.5, 0.6) is 0 Å². The minimum Gasteiger partial charge on any atom is -0.392 e. The first-order valence-corrected chi connectivity index (χ1v) is 11.4. The summed E-state index contributed by atoms with van der Waals surface area (Å²) >= 11 is 0. The van der Waals surface area contributed by atoms with Gasteiger partial charge in [-0.05, 0) is 38.9 Å². The molecule has 0 spiro atoms. The SMILES string of the molecule is C=CN(CCC)CCN(C)C(NC)/C(=C\NC)NC(=O)C1=CC=CC(N2CCOCC2)N1. The molecule has 2 aliphatic rings. The number of amides is 1. The van der Waals surface area contributed by atoms with Crippen molar-refractivity contribution in [1.29, 1.82) is 0 Å². The van der Waals surface area contributed by atoms with Gasteiger partial charge in [0.2, 0.25) is 0 Å². The van der Waals surface area contributed by atoms with Crippen LogP contribution in [0.25, 0.3) is 0 Å². The third kappa shape index (κ3) is 7.67. The van der Waals surface area contributed by atoms with Gasteiger partial charge >= 0.3 is 0 Å². The molecule has 32 heavy (non-hydrogen) atoms. The van der Waals surface area contributed by atoms with Crippen LogP contribution in [0.4, 0.5) is 0 Å². The second kappa shape index (κ2) is 13.9. The summed E-state index contributed by atoms with van der Waals surface area (Å²) < 4.78 is 5.44. The van der Waals surface area contributed by atoms with Crippen molar-refractivity contribution in [3.8, 4) is 0 Å². The van der Waals surface area contributed by atoms with E-state index in [0.717, 1.165) is 44.8 Å². The molecule has 0 aromatic heterocycles. The van der Waals surface area contributed by atoms with Gasteiger partial charge in [-0.15, -0.1) is 0 Å². The van der Waals surface area contributed by atoms with Crippen molar-refractivity contribution in [2.75, 3.05) is 67.1 Å². The fraction of sp³-hybridized carbons (Fsp3) is 0.609. The van der Waals surface area contributed by atoms with Crippen molar-refractivity contribution in [2.24, 2.45) is 0 Å². The fourth-order valence-corrected chi connectivity index (χ4v) is 3.87. The van der Waals surface area contributed by atoms with E-state index in [4.69, 9.17) is 4.74 Å². The van der Waals surface area contributed by atoms with Crippen LogP contribution in [0.1, 0.15) is 13.3 Å². The number of hydrogen-bond acceptors (Lipinski definition) is 8. The van der Waals surface area contributed by atoms with Crippen LogP contribution in [-0.2, 0) is 9.53 Å². The lowest BCUT2D eigenvalue weighted by Crippen LogP contribution is -2.53. The molecule has 0 radical (unpaired) electrons. The summed E-state index contributed by atoms with van der Waals surface area (Å²) in [5, 5.41) is 12.8. The first kappa shape index (κ1) is 25.9. The molecule has 1 fully saturated rings. The van der Waals surface area contributed by atoms with Crippen LogP contribution in [0, 0.1) is 0 Å². The van der Waals surface area contributed by atoms with Crippen LogP contribution in [0.15, 0.2) is 48.6 Å². The average molecular weight is 448 g/mol. The number of likely N-dealkylation sites (N-methyl/N-ethyl adjacent to an activating group) is 2. The summed E-state index contributed by atoms with van der Waals surface area (Å²) in [7, 11) is 5.76. The summed E-state index contributed by atoms with van der Waals surface area (Å²) in [6.07, 6.45) is 10.4. The molecule has 180 valence electrons. The number of hydrogen-bond donors (Lipinski definition) is 4. The Hall–Kier alpha value is -2.33. The lowest BCUT2D eigenvalue weighted by Gasteiger charge is -2.35. The second-order valence-electron chi connectivity index (χ2n) is 7.94. The maximum atomic E-state index is 13.1. The minimum absolute atomic E-state index is 0.00685. The Morgan fingerprint density at radius 3 is 2.72 bits per heavy atom. The monoisotopic (exact) mass is 447 g/mol. The summed E-state index contributed by atoms with van der Waals surface area (Å²) in [6.45, 7) is 11.8. The molecule has 2 atom stereocenters. The van der Waals surface area contributed by atoms with Crippen LogP contribution in [0.2, 0.25) is 0 Å². The summed E-state index contributed by atoms with van der Waals surface area (Å²) in [4.78, 5) is 19.8. The Balaban J connectivity index is 2.00. The average Bonchev–Trinajstić information content (AvgIpc) is 2.83. The zero-order valence-electron chi connectivity index (χ0n) is 20.1. The highest BCUT2D eigenvalue weighted by Crippen LogP contribution is 2.11. The quantitative estimate of drug-likeness (QED) is 0.298. The Morgan fingerprint density at radius 2 is 2.09 bits per heavy atom. The number of dihydropyridines is 1. The highest BCUT2D eigenvalue weighted by molar-refractivity contribution is 5.94. The van der Waals surface area contributed by atoms with Crippen molar-refractivity contribution in [3.05, 3.63) is 48.6 Å². The van der Waals surface area contributed by atoms with Gasteiger partial charge in [-0.25, -0.2) is 0 Å². The van der Waals surface area contributed by atoms with Crippen molar-refractivity contribution in [1.82, 2.24) is 36.0 Å². The van der Waals surface area contributed by atoms with Gasteiger partial charge in [0.05, 0.1) is 25.1 Å². The van der Waals surface area contributed by atoms with Gasteiger partial charge in [0.15, 0.2) is 0 Å². The predicted molar refractivity (Wildman–Crippen MR) is 129 cm³/mol. The molecule has 9 heteroatoms. The van der Waals surface area contributed by atoms with Crippen LogP contribution in [0.3, 0.4) is 0 Å². The first-order chi connectivity index (χ1) is 15.5. The lowest BCUT2D eigenvalue weighted by atomic mass is 10.2. The fourth-order valence-electron chi connectivity index (χ4n) is 3.87. The topological polar surface area (TPSA) is 84.1 Å². The molecule has 2 aliphatic heterocycles. The normalized spacial score (nSPS) is 20.3. The highest BCUT2D eigenvalue weighted by atomic mass is 16.5. The number of rotatable bonds is 13. The number of ether oxygens (including phenoxy) is 1. The van der Waals surface area contributed by atoms with Gasteiger partial charge in [-0.1, -0.05) is 19.6 Å². The van der Waals surface area contributed by atoms with E-state index in [9.17, 15) is 4.79 Å². The van der Waals surface area contributed by atoms with E-state index in [1.54, 1.807) is 0 Å². The van der Waals surface area contributed by atoms with Gasteiger partial charge in [-0.2, -0.15) is 0 Å². The van der Waals surface area contributed by atoms with Crippen molar-refractivity contribution in [3.63, 3.8) is 0 Å². The van der Waals surface area contributed by atoms with E-state index >= 15 is 0 Å². The third-order valence-electron chi connectivity index (χ3n) is 5.62.